The maximum absolute atomic E-state index is 4.39. The molecular weight excluding hydrogens is 258 g/mol. The number of aromatic nitrogens is 2. The Hall–Kier alpha value is -1.90. The molecule has 0 unspecified atom stereocenters. The Morgan fingerprint density at radius 2 is 1.10 bits per heavy atom. The fourth-order valence-electron chi connectivity index (χ4n) is 2.06. The molecule has 0 spiro atoms. The summed E-state index contributed by atoms with van der Waals surface area (Å²) in [7, 11) is 0. The van der Waals surface area contributed by atoms with Crippen molar-refractivity contribution in [2.75, 3.05) is 5.32 Å². The minimum absolute atomic E-state index is 0.111. The lowest BCUT2D eigenvalue weighted by atomic mass is 9.87. The predicted molar refractivity (Wildman–Crippen MR) is 89.2 cm³/mol. The molecule has 112 valence electrons. The second-order valence-corrected chi connectivity index (χ2v) is 7.48. The summed E-state index contributed by atoms with van der Waals surface area (Å²) in [6, 6.07) is 8.30. The average molecular weight is 283 g/mol. The molecular formula is C18H25N3. The summed E-state index contributed by atoms with van der Waals surface area (Å²) in [6.45, 7) is 13.2. The van der Waals surface area contributed by atoms with Gasteiger partial charge in [-0.15, -0.1) is 0 Å². The largest absolute Gasteiger partial charge is 0.325 e. The molecule has 0 saturated carbocycles. The van der Waals surface area contributed by atoms with E-state index in [4.69, 9.17) is 0 Å². The van der Waals surface area contributed by atoms with Crippen molar-refractivity contribution in [2.45, 2.75) is 52.4 Å². The molecule has 0 aliphatic heterocycles. The van der Waals surface area contributed by atoms with Gasteiger partial charge >= 0.3 is 0 Å². The number of nitrogens with one attached hydrogen (secondary N) is 1. The summed E-state index contributed by atoms with van der Waals surface area (Å²) in [5.41, 5.74) is 2.74. The quantitative estimate of drug-likeness (QED) is 0.859. The van der Waals surface area contributed by atoms with Crippen LogP contribution in [0.2, 0.25) is 0 Å². The normalized spacial score (nSPS) is 12.3. The van der Waals surface area contributed by atoms with Crippen molar-refractivity contribution in [2.24, 2.45) is 0 Å². The van der Waals surface area contributed by atoms with E-state index in [1.165, 1.54) is 11.1 Å². The van der Waals surface area contributed by atoms with E-state index in [2.05, 4.69) is 81.1 Å². The molecule has 0 aliphatic carbocycles. The fraction of sp³-hybridized carbons (Fsp3) is 0.444. The minimum Gasteiger partial charge on any atom is -0.325 e. The molecule has 21 heavy (non-hydrogen) atoms. The minimum atomic E-state index is 0.111. The monoisotopic (exact) mass is 283 g/mol. The zero-order chi connectivity index (χ0) is 15.7. The van der Waals surface area contributed by atoms with Crippen LogP contribution < -0.4 is 5.32 Å². The first-order valence-corrected chi connectivity index (χ1v) is 7.36. The zero-order valence-corrected chi connectivity index (χ0v) is 13.9. The molecule has 0 aromatic carbocycles. The molecule has 0 atom stereocenters. The molecule has 3 nitrogen and oxygen atoms in total. The molecule has 2 aromatic heterocycles. The molecule has 3 heteroatoms. The van der Waals surface area contributed by atoms with Crippen molar-refractivity contribution in [3.63, 3.8) is 0 Å². The molecule has 2 heterocycles. The Labute approximate surface area is 127 Å². The van der Waals surface area contributed by atoms with Gasteiger partial charge in [-0.2, -0.15) is 0 Å². The summed E-state index contributed by atoms with van der Waals surface area (Å²) < 4.78 is 0. The van der Waals surface area contributed by atoms with E-state index in [0.717, 1.165) is 11.6 Å². The first kappa shape index (κ1) is 15.5. The van der Waals surface area contributed by atoms with Crippen LogP contribution in [0, 0.1) is 0 Å². The summed E-state index contributed by atoms with van der Waals surface area (Å²) >= 11 is 0. The number of pyridine rings is 2. The topological polar surface area (TPSA) is 37.8 Å². The van der Waals surface area contributed by atoms with E-state index in [1.54, 1.807) is 0 Å². The van der Waals surface area contributed by atoms with Gasteiger partial charge in [0.1, 0.15) is 11.6 Å². The second-order valence-electron chi connectivity index (χ2n) is 7.48. The highest BCUT2D eigenvalue weighted by Gasteiger charge is 2.16. The highest BCUT2D eigenvalue weighted by atomic mass is 15.0. The van der Waals surface area contributed by atoms with Crippen LogP contribution in [-0.4, -0.2) is 9.97 Å². The third kappa shape index (κ3) is 4.03. The van der Waals surface area contributed by atoms with Gasteiger partial charge in [-0.25, -0.2) is 9.97 Å². The Morgan fingerprint density at radius 1 is 0.714 bits per heavy atom. The third-order valence-electron chi connectivity index (χ3n) is 3.51. The van der Waals surface area contributed by atoms with Crippen LogP contribution in [0.5, 0.6) is 0 Å². The molecule has 0 aliphatic rings. The van der Waals surface area contributed by atoms with Gasteiger partial charge in [-0.1, -0.05) is 41.5 Å². The predicted octanol–water partition coefficient (Wildman–Crippen LogP) is 4.82. The van der Waals surface area contributed by atoms with Crippen molar-refractivity contribution < 1.29 is 0 Å². The Balaban J connectivity index is 2.27. The summed E-state index contributed by atoms with van der Waals surface area (Å²) in [5.74, 6) is 1.67. The molecule has 2 aromatic rings. The van der Waals surface area contributed by atoms with E-state index in [0.29, 0.717) is 0 Å². The van der Waals surface area contributed by atoms with Crippen molar-refractivity contribution in [1.29, 1.82) is 0 Å². The highest BCUT2D eigenvalue weighted by Crippen LogP contribution is 2.26. The summed E-state index contributed by atoms with van der Waals surface area (Å²) in [5, 5.41) is 3.31. The van der Waals surface area contributed by atoms with E-state index < -0.39 is 0 Å². The lowest BCUT2D eigenvalue weighted by Gasteiger charge is -2.20. The Bertz CT molecular complexity index is 563. The van der Waals surface area contributed by atoms with Gasteiger partial charge in [0.25, 0.3) is 0 Å². The Kier molecular flexibility index (Phi) is 4.04. The van der Waals surface area contributed by atoms with E-state index in [-0.39, 0.29) is 10.8 Å². The van der Waals surface area contributed by atoms with Crippen LogP contribution in [0.15, 0.2) is 36.7 Å². The van der Waals surface area contributed by atoms with Crippen molar-refractivity contribution in [1.82, 2.24) is 9.97 Å². The van der Waals surface area contributed by atoms with Gasteiger partial charge in [-0.3, -0.25) is 0 Å². The molecule has 1 N–H and O–H groups in total. The maximum atomic E-state index is 4.39. The first-order valence-electron chi connectivity index (χ1n) is 7.36. The lowest BCUT2D eigenvalue weighted by molar-refractivity contribution is 0.589. The fourth-order valence-corrected chi connectivity index (χ4v) is 2.06. The number of hydrogen-bond donors (Lipinski definition) is 1. The van der Waals surface area contributed by atoms with Gasteiger partial charge in [0.15, 0.2) is 0 Å². The smallest absolute Gasteiger partial charge is 0.131 e. The van der Waals surface area contributed by atoms with Gasteiger partial charge in [0, 0.05) is 12.4 Å². The molecule has 0 saturated heterocycles. The Morgan fingerprint density at radius 3 is 1.43 bits per heavy atom. The maximum Gasteiger partial charge on any atom is 0.131 e. The number of anilines is 2. The zero-order valence-electron chi connectivity index (χ0n) is 13.9. The van der Waals surface area contributed by atoms with E-state index in [1.807, 2.05) is 12.4 Å². The number of rotatable bonds is 2. The van der Waals surface area contributed by atoms with Crippen LogP contribution in [0.1, 0.15) is 52.7 Å². The number of nitrogens with zero attached hydrogens (tertiary/aromatic N) is 2. The van der Waals surface area contributed by atoms with Crippen LogP contribution in [0.3, 0.4) is 0 Å². The van der Waals surface area contributed by atoms with Crippen molar-refractivity contribution in [3.05, 3.63) is 47.8 Å². The van der Waals surface area contributed by atoms with E-state index >= 15 is 0 Å². The SMILES string of the molecule is CC(C)(C)c1ccnc(Nc2cc(C(C)(C)C)ccn2)c1. The second kappa shape index (κ2) is 5.47. The molecule has 2 rings (SSSR count). The van der Waals surface area contributed by atoms with Crippen molar-refractivity contribution in [3.8, 4) is 0 Å². The van der Waals surface area contributed by atoms with Gasteiger partial charge in [0.05, 0.1) is 0 Å². The highest BCUT2D eigenvalue weighted by molar-refractivity contribution is 5.54. The molecule has 0 radical (unpaired) electrons. The van der Waals surface area contributed by atoms with Crippen molar-refractivity contribution >= 4 is 11.6 Å². The average Bonchev–Trinajstić information content (AvgIpc) is 2.37. The van der Waals surface area contributed by atoms with Crippen LogP contribution in [0.4, 0.5) is 11.6 Å². The van der Waals surface area contributed by atoms with Crippen LogP contribution in [-0.2, 0) is 10.8 Å². The first-order chi connectivity index (χ1) is 9.66. The van der Waals surface area contributed by atoms with Gasteiger partial charge in [0.2, 0.25) is 0 Å². The van der Waals surface area contributed by atoms with Crippen LogP contribution in [0.25, 0.3) is 0 Å². The number of hydrogen-bond acceptors (Lipinski definition) is 3. The van der Waals surface area contributed by atoms with Crippen LogP contribution >= 0.6 is 0 Å². The molecule has 0 fully saturated rings. The third-order valence-corrected chi connectivity index (χ3v) is 3.51. The standard InChI is InChI=1S/C18H25N3/c1-17(2,3)13-7-9-19-15(11-13)21-16-12-14(8-10-20-16)18(4,5)6/h7-12H,1-6H3,(H,19,20,21). The summed E-state index contributed by atoms with van der Waals surface area (Å²) in [6.07, 6.45) is 3.69. The molecule has 0 amide bonds. The van der Waals surface area contributed by atoms with Gasteiger partial charge < -0.3 is 5.32 Å². The molecule has 0 bridgehead atoms. The van der Waals surface area contributed by atoms with E-state index in [9.17, 15) is 0 Å². The lowest BCUT2D eigenvalue weighted by Crippen LogP contribution is -2.13. The van der Waals surface area contributed by atoms with Gasteiger partial charge in [-0.05, 0) is 46.2 Å². The summed E-state index contributed by atoms with van der Waals surface area (Å²) in [4.78, 5) is 8.78.